The number of carbonyl (C=O) groups excluding carboxylic acids is 2. The third-order valence-electron chi connectivity index (χ3n) is 5.97. The summed E-state index contributed by atoms with van der Waals surface area (Å²) in [6.07, 6.45) is 1.39. The number of carbonyl (C=O) groups is 2. The van der Waals surface area contributed by atoms with E-state index in [1.54, 1.807) is 10.6 Å². The van der Waals surface area contributed by atoms with Crippen LogP contribution >= 0.6 is 0 Å². The maximum absolute atomic E-state index is 13.2. The van der Waals surface area contributed by atoms with Gasteiger partial charge in [0.2, 0.25) is 5.82 Å². The summed E-state index contributed by atoms with van der Waals surface area (Å²) in [5.41, 5.74) is 10.0. The number of benzene rings is 2. The minimum atomic E-state index is -0.653. The number of fused-ring (bicyclic) bond motifs is 1. The molecule has 1 aromatic heterocycles. The molecule has 9 nitrogen and oxygen atoms in total. The second kappa shape index (κ2) is 11.3. The van der Waals surface area contributed by atoms with E-state index in [1.807, 2.05) is 43.3 Å². The fraction of sp³-hybridized carbons (Fsp3) is 0.346. The van der Waals surface area contributed by atoms with Crippen LogP contribution in [0.1, 0.15) is 44.7 Å². The number of imidazole rings is 1. The van der Waals surface area contributed by atoms with E-state index in [1.165, 1.54) is 7.11 Å². The Bertz CT molecular complexity index is 1240. The van der Waals surface area contributed by atoms with Crippen LogP contribution in [0.2, 0.25) is 0 Å². The number of methoxy groups -OCH3 is 1. The van der Waals surface area contributed by atoms with Gasteiger partial charge < -0.3 is 30.4 Å². The van der Waals surface area contributed by atoms with Gasteiger partial charge in [-0.25, -0.2) is 9.78 Å². The fourth-order valence-electron chi connectivity index (χ4n) is 4.35. The first kappa shape index (κ1) is 25.3. The normalized spacial score (nSPS) is 13.0. The van der Waals surface area contributed by atoms with Gasteiger partial charge in [-0.05, 0) is 30.0 Å². The van der Waals surface area contributed by atoms with Gasteiger partial charge in [0.1, 0.15) is 13.6 Å². The zero-order valence-electron chi connectivity index (χ0n) is 20.5. The standard InChI is InChI=1S/C26H30BN5O4/c1-3-29-25(33)21-23(30-14-19(28)12-16-7-5-4-6-8-16)31-24(26(34)35-2)32(21)15-17-11-18-9-10-36-22(18)20(27)13-17/h4-8,11,13,19,30H,3,9-10,12,14-15,28H2,1-2H3,(H,29,33)/t19-/m1/s1. The van der Waals surface area contributed by atoms with E-state index < -0.39 is 5.97 Å². The van der Waals surface area contributed by atoms with Gasteiger partial charge in [0.15, 0.2) is 11.5 Å². The Morgan fingerprint density at radius 1 is 1.25 bits per heavy atom. The van der Waals surface area contributed by atoms with Crippen LogP contribution in [0.25, 0.3) is 0 Å². The van der Waals surface area contributed by atoms with Gasteiger partial charge in [-0.3, -0.25) is 4.79 Å². The number of nitrogens with zero attached hydrogens (tertiary/aromatic N) is 2. The lowest BCUT2D eigenvalue weighted by atomic mass is 9.90. The Hall–Kier alpha value is -3.79. The smallest absolute Gasteiger partial charge is 0.374 e. The minimum Gasteiger partial charge on any atom is -0.494 e. The molecule has 0 spiro atoms. The lowest BCUT2D eigenvalue weighted by molar-refractivity contribution is 0.0581. The second-order valence-electron chi connectivity index (χ2n) is 8.67. The Balaban J connectivity index is 1.66. The van der Waals surface area contributed by atoms with Crippen molar-refractivity contribution in [2.45, 2.75) is 32.4 Å². The fourth-order valence-corrected chi connectivity index (χ4v) is 4.35. The van der Waals surface area contributed by atoms with Crippen molar-refractivity contribution >= 4 is 31.0 Å². The minimum absolute atomic E-state index is 0.00760. The summed E-state index contributed by atoms with van der Waals surface area (Å²) in [6, 6.07) is 13.4. The average molecular weight is 487 g/mol. The Labute approximate surface area is 211 Å². The van der Waals surface area contributed by atoms with E-state index in [-0.39, 0.29) is 35.8 Å². The number of anilines is 1. The number of nitrogens with one attached hydrogen (secondary N) is 2. The van der Waals surface area contributed by atoms with Gasteiger partial charge in [0, 0.05) is 25.6 Å². The van der Waals surface area contributed by atoms with Crippen LogP contribution in [0.5, 0.6) is 5.75 Å². The van der Waals surface area contributed by atoms with Crippen molar-refractivity contribution < 1.29 is 19.1 Å². The maximum atomic E-state index is 13.2. The summed E-state index contributed by atoms with van der Waals surface area (Å²) in [6.45, 7) is 3.35. The number of hydrogen-bond acceptors (Lipinski definition) is 7. The molecule has 0 fully saturated rings. The van der Waals surface area contributed by atoms with Crippen LogP contribution in [-0.4, -0.2) is 62.1 Å². The molecule has 1 atom stereocenters. The number of amides is 1. The van der Waals surface area contributed by atoms with Crippen molar-refractivity contribution in [3.63, 3.8) is 0 Å². The zero-order chi connectivity index (χ0) is 25.7. The quantitative estimate of drug-likeness (QED) is 0.290. The monoisotopic (exact) mass is 487 g/mol. The molecule has 2 aromatic carbocycles. The van der Waals surface area contributed by atoms with E-state index in [0.29, 0.717) is 37.3 Å². The van der Waals surface area contributed by atoms with Gasteiger partial charge in [-0.1, -0.05) is 47.9 Å². The number of rotatable bonds is 10. The molecule has 3 aromatic rings. The van der Waals surface area contributed by atoms with Crippen LogP contribution < -0.4 is 26.6 Å². The first-order valence-electron chi connectivity index (χ1n) is 12.0. The van der Waals surface area contributed by atoms with Crippen molar-refractivity contribution in [3.05, 3.63) is 70.7 Å². The second-order valence-corrected chi connectivity index (χ2v) is 8.67. The van der Waals surface area contributed by atoms with Crippen LogP contribution in [0, 0.1) is 0 Å². The Kier molecular flexibility index (Phi) is 7.95. The van der Waals surface area contributed by atoms with E-state index >= 15 is 0 Å². The highest BCUT2D eigenvalue weighted by Gasteiger charge is 2.28. The predicted molar refractivity (Wildman–Crippen MR) is 138 cm³/mol. The summed E-state index contributed by atoms with van der Waals surface area (Å²) in [5, 5.41) is 5.99. The molecule has 36 heavy (non-hydrogen) atoms. The molecule has 186 valence electrons. The third-order valence-corrected chi connectivity index (χ3v) is 5.97. The van der Waals surface area contributed by atoms with E-state index in [0.717, 1.165) is 23.1 Å². The van der Waals surface area contributed by atoms with Crippen LogP contribution in [-0.2, 0) is 24.1 Å². The molecule has 0 aliphatic carbocycles. The highest BCUT2D eigenvalue weighted by atomic mass is 16.5. The summed E-state index contributed by atoms with van der Waals surface area (Å²) in [4.78, 5) is 30.3. The average Bonchev–Trinajstić information content (AvgIpc) is 3.48. The molecule has 0 bridgehead atoms. The van der Waals surface area contributed by atoms with Gasteiger partial charge >= 0.3 is 5.97 Å². The molecule has 10 heteroatoms. The van der Waals surface area contributed by atoms with Gasteiger partial charge in [-0.2, -0.15) is 0 Å². The van der Waals surface area contributed by atoms with Gasteiger partial charge in [-0.15, -0.1) is 0 Å². The lowest BCUT2D eigenvalue weighted by Gasteiger charge is -2.15. The molecule has 1 amide bonds. The molecule has 4 rings (SSSR count). The SMILES string of the molecule is [B]c1cc(Cn2c(C(=O)OC)nc(NC[C@H](N)Cc3ccccc3)c2C(=O)NCC)cc2c1OCC2. The topological polar surface area (TPSA) is 121 Å². The predicted octanol–water partition coefficient (Wildman–Crippen LogP) is 1.18. The van der Waals surface area contributed by atoms with Crippen molar-refractivity contribution in [3.8, 4) is 5.75 Å². The van der Waals surface area contributed by atoms with E-state index in [4.69, 9.17) is 23.1 Å². The Morgan fingerprint density at radius 3 is 2.75 bits per heavy atom. The third kappa shape index (κ3) is 5.54. The van der Waals surface area contributed by atoms with Crippen molar-refractivity contribution in [1.29, 1.82) is 0 Å². The van der Waals surface area contributed by atoms with Crippen molar-refractivity contribution in [2.24, 2.45) is 5.73 Å². The lowest BCUT2D eigenvalue weighted by Crippen LogP contribution is -2.32. The highest BCUT2D eigenvalue weighted by molar-refractivity contribution is 6.34. The molecule has 1 aliphatic rings. The molecular formula is C26H30BN5O4. The number of esters is 1. The summed E-state index contributed by atoms with van der Waals surface area (Å²) < 4.78 is 12.1. The summed E-state index contributed by atoms with van der Waals surface area (Å²) in [5.74, 6) is -0.0526. The number of aromatic nitrogens is 2. The first-order chi connectivity index (χ1) is 17.4. The van der Waals surface area contributed by atoms with Crippen molar-refractivity contribution in [1.82, 2.24) is 14.9 Å². The van der Waals surface area contributed by atoms with E-state index in [9.17, 15) is 9.59 Å². The van der Waals surface area contributed by atoms with Gasteiger partial charge in [0.05, 0.1) is 20.3 Å². The van der Waals surface area contributed by atoms with Crippen molar-refractivity contribution in [2.75, 3.05) is 32.1 Å². The van der Waals surface area contributed by atoms with E-state index in [2.05, 4.69) is 15.6 Å². The molecule has 2 heterocycles. The van der Waals surface area contributed by atoms with Gasteiger partial charge in [0.25, 0.3) is 5.91 Å². The number of hydrogen-bond donors (Lipinski definition) is 3. The molecule has 2 radical (unpaired) electrons. The zero-order valence-corrected chi connectivity index (χ0v) is 20.5. The summed E-state index contributed by atoms with van der Waals surface area (Å²) in [7, 11) is 7.48. The molecule has 0 unspecified atom stereocenters. The number of nitrogens with two attached hydrogens (primary N) is 1. The molecular weight excluding hydrogens is 457 g/mol. The maximum Gasteiger partial charge on any atom is 0.374 e. The van der Waals surface area contributed by atoms with Crippen LogP contribution in [0.15, 0.2) is 42.5 Å². The molecule has 1 aliphatic heterocycles. The van der Waals surface area contributed by atoms with Crippen LogP contribution in [0.4, 0.5) is 5.82 Å². The molecule has 0 saturated carbocycles. The summed E-state index contributed by atoms with van der Waals surface area (Å²) >= 11 is 0. The van der Waals surface area contributed by atoms with Crippen LogP contribution in [0.3, 0.4) is 0 Å². The first-order valence-corrected chi connectivity index (χ1v) is 12.0. The largest absolute Gasteiger partial charge is 0.494 e. The molecule has 4 N–H and O–H groups in total. The Morgan fingerprint density at radius 2 is 2.03 bits per heavy atom. The molecule has 0 saturated heterocycles. The highest BCUT2D eigenvalue weighted by Crippen LogP contribution is 2.26. The number of ether oxygens (including phenoxy) is 2.